The van der Waals surface area contributed by atoms with Crippen molar-refractivity contribution in [2.45, 2.75) is 69.0 Å². The Morgan fingerprint density at radius 2 is 1.84 bits per heavy atom. The third-order valence-electron chi connectivity index (χ3n) is 5.64. The minimum Gasteiger partial charge on any atom is -0.352 e. The van der Waals surface area contributed by atoms with Gasteiger partial charge in [-0.05, 0) is 42.8 Å². The first-order valence-corrected chi connectivity index (χ1v) is 13.4. The lowest BCUT2D eigenvalue weighted by atomic mass is 10.1. The molecule has 32 heavy (non-hydrogen) atoms. The van der Waals surface area contributed by atoms with Gasteiger partial charge in [-0.15, -0.1) is 11.3 Å². The van der Waals surface area contributed by atoms with E-state index in [1.165, 1.54) is 28.4 Å². The monoisotopic (exact) mass is 477 g/mol. The van der Waals surface area contributed by atoms with Gasteiger partial charge in [0.2, 0.25) is 21.8 Å². The van der Waals surface area contributed by atoms with Gasteiger partial charge >= 0.3 is 0 Å². The van der Waals surface area contributed by atoms with Crippen molar-refractivity contribution in [2.24, 2.45) is 0 Å². The van der Waals surface area contributed by atoms with Gasteiger partial charge in [-0.25, -0.2) is 13.1 Å². The van der Waals surface area contributed by atoms with E-state index in [1.807, 2.05) is 24.4 Å². The van der Waals surface area contributed by atoms with Gasteiger partial charge in [0.25, 0.3) is 0 Å². The van der Waals surface area contributed by atoms with Crippen LogP contribution in [0, 0.1) is 0 Å². The van der Waals surface area contributed by atoms with Crippen molar-refractivity contribution in [3.05, 3.63) is 52.7 Å². The summed E-state index contributed by atoms with van der Waals surface area (Å²) in [4.78, 5) is 28.9. The zero-order valence-corrected chi connectivity index (χ0v) is 20.0. The van der Waals surface area contributed by atoms with Crippen LogP contribution in [0.25, 0.3) is 0 Å². The van der Waals surface area contributed by atoms with Crippen LogP contribution in [0.1, 0.15) is 50.3 Å². The Kier molecular flexibility index (Phi) is 8.84. The molecule has 0 bridgehead atoms. The Balaban J connectivity index is 1.76. The third kappa shape index (κ3) is 6.63. The fraction of sp³-hybridized carbons (Fsp3) is 0.478. The van der Waals surface area contributed by atoms with E-state index in [9.17, 15) is 18.0 Å². The van der Waals surface area contributed by atoms with Crippen molar-refractivity contribution in [3.8, 4) is 0 Å². The molecule has 1 heterocycles. The lowest BCUT2D eigenvalue weighted by Crippen LogP contribution is -2.53. The van der Waals surface area contributed by atoms with Crippen molar-refractivity contribution in [3.63, 3.8) is 0 Å². The SMILES string of the molecule is CCC[C@@H](C(=O)NC1CCCC1)N(Cc1cccs1)C(=O)CNS(=O)(=O)c1ccccc1. The highest BCUT2D eigenvalue weighted by atomic mass is 32.2. The molecule has 3 rings (SSSR count). The van der Waals surface area contributed by atoms with Crippen LogP contribution >= 0.6 is 11.3 Å². The van der Waals surface area contributed by atoms with Crippen LogP contribution in [0.5, 0.6) is 0 Å². The number of carbonyl (C=O) groups is 2. The number of nitrogens with one attached hydrogen (secondary N) is 2. The Morgan fingerprint density at radius 1 is 1.12 bits per heavy atom. The zero-order chi connectivity index (χ0) is 23.0. The van der Waals surface area contributed by atoms with Crippen LogP contribution in [-0.2, 0) is 26.2 Å². The Labute approximate surface area is 194 Å². The first kappa shape index (κ1) is 24.4. The molecule has 1 aromatic carbocycles. The largest absolute Gasteiger partial charge is 0.352 e. The number of rotatable bonds is 11. The van der Waals surface area contributed by atoms with Gasteiger partial charge in [0.15, 0.2) is 0 Å². The smallest absolute Gasteiger partial charge is 0.243 e. The van der Waals surface area contributed by atoms with Gasteiger partial charge in [-0.2, -0.15) is 0 Å². The van der Waals surface area contributed by atoms with E-state index < -0.39 is 28.5 Å². The van der Waals surface area contributed by atoms with E-state index in [0.717, 1.165) is 37.0 Å². The highest BCUT2D eigenvalue weighted by molar-refractivity contribution is 7.89. The highest BCUT2D eigenvalue weighted by Gasteiger charge is 2.32. The second kappa shape index (κ2) is 11.6. The summed E-state index contributed by atoms with van der Waals surface area (Å²) in [5.41, 5.74) is 0. The standard InChI is InChI=1S/C23H31N3O4S2/c1-2-9-21(23(28)25-18-10-6-7-11-18)26(17-19-12-8-15-31-19)22(27)16-24-32(29,30)20-13-4-3-5-14-20/h3-5,8,12-15,18,21,24H,2,6-7,9-11,16-17H2,1H3,(H,25,28)/t21-/m0/s1. The molecule has 0 radical (unpaired) electrons. The first-order chi connectivity index (χ1) is 15.4. The van der Waals surface area contributed by atoms with E-state index in [4.69, 9.17) is 0 Å². The molecule has 2 amide bonds. The van der Waals surface area contributed by atoms with Crippen molar-refractivity contribution in [1.29, 1.82) is 0 Å². The summed E-state index contributed by atoms with van der Waals surface area (Å²) in [5, 5.41) is 5.03. The van der Waals surface area contributed by atoms with Gasteiger partial charge in [0.05, 0.1) is 18.0 Å². The average molecular weight is 478 g/mol. The summed E-state index contributed by atoms with van der Waals surface area (Å²) in [5.74, 6) is -0.576. The van der Waals surface area contributed by atoms with Crippen LogP contribution in [0.15, 0.2) is 52.7 Å². The van der Waals surface area contributed by atoms with Crippen LogP contribution in [0.2, 0.25) is 0 Å². The van der Waals surface area contributed by atoms with Gasteiger partial charge < -0.3 is 10.2 Å². The van der Waals surface area contributed by atoms with Gasteiger partial charge in [-0.3, -0.25) is 9.59 Å². The molecule has 1 aliphatic carbocycles. The van der Waals surface area contributed by atoms with Crippen LogP contribution in [0.4, 0.5) is 0 Å². The molecule has 7 nitrogen and oxygen atoms in total. The van der Waals surface area contributed by atoms with Crippen molar-refractivity contribution in [2.75, 3.05) is 6.54 Å². The maximum atomic E-state index is 13.2. The summed E-state index contributed by atoms with van der Waals surface area (Å²) >= 11 is 1.51. The van der Waals surface area contributed by atoms with Gasteiger partial charge in [0, 0.05) is 10.9 Å². The summed E-state index contributed by atoms with van der Waals surface area (Å²) in [6.45, 7) is 1.84. The fourth-order valence-corrected chi connectivity index (χ4v) is 5.65. The zero-order valence-electron chi connectivity index (χ0n) is 18.3. The molecular formula is C23H31N3O4S2. The number of thiophene rings is 1. The van der Waals surface area contributed by atoms with Crippen molar-refractivity contribution < 1.29 is 18.0 Å². The topological polar surface area (TPSA) is 95.6 Å². The normalized spacial score (nSPS) is 15.4. The first-order valence-electron chi connectivity index (χ1n) is 11.1. The minimum atomic E-state index is -3.82. The number of sulfonamides is 1. The molecule has 2 N–H and O–H groups in total. The van der Waals surface area contributed by atoms with E-state index in [1.54, 1.807) is 18.2 Å². The lowest BCUT2D eigenvalue weighted by molar-refractivity contribution is -0.141. The van der Waals surface area contributed by atoms with Crippen LogP contribution in [0.3, 0.4) is 0 Å². The number of hydrogen-bond acceptors (Lipinski definition) is 5. The van der Waals surface area contributed by atoms with Crippen LogP contribution in [-0.4, -0.2) is 43.8 Å². The quantitative estimate of drug-likeness (QED) is 0.519. The number of carbonyl (C=O) groups excluding carboxylic acids is 2. The number of hydrogen-bond donors (Lipinski definition) is 2. The van der Waals surface area contributed by atoms with E-state index in [0.29, 0.717) is 6.42 Å². The molecule has 0 saturated heterocycles. The third-order valence-corrected chi connectivity index (χ3v) is 7.91. The Hall–Kier alpha value is -2.23. The van der Waals surface area contributed by atoms with Crippen LogP contribution < -0.4 is 10.0 Å². The van der Waals surface area contributed by atoms with Crippen molar-refractivity contribution >= 4 is 33.2 Å². The molecule has 1 aromatic heterocycles. The van der Waals surface area contributed by atoms with E-state index >= 15 is 0 Å². The van der Waals surface area contributed by atoms with Gasteiger partial charge in [-0.1, -0.05) is 50.5 Å². The summed E-state index contributed by atoms with van der Waals surface area (Å²) in [6, 6.07) is 11.3. The summed E-state index contributed by atoms with van der Waals surface area (Å²) < 4.78 is 27.6. The number of benzene rings is 1. The Bertz CT molecular complexity index is 972. The molecule has 1 fully saturated rings. The molecule has 0 unspecified atom stereocenters. The molecule has 0 aliphatic heterocycles. The van der Waals surface area contributed by atoms with E-state index in [2.05, 4.69) is 10.0 Å². The summed E-state index contributed by atoms with van der Waals surface area (Å²) in [7, 11) is -3.82. The van der Waals surface area contributed by atoms with Gasteiger partial charge in [0.1, 0.15) is 6.04 Å². The molecule has 1 aliphatic rings. The predicted molar refractivity (Wildman–Crippen MR) is 126 cm³/mol. The highest BCUT2D eigenvalue weighted by Crippen LogP contribution is 2.21. The van der Waals surface area contributed by atoms with E-state index in [-0.39, 0.29) is 23.4 Å². The second-order valence-electron chi connectivity index (χ2n) is 8.03. The molecule has 2 aromatic rings. The molecule has 1 saturated carbocycles. The maximum Gasteiger partial charge on any atom is 0.243 e. The molecular weight excluding hydrogens is 446 g/mol. The predicted octanol–water partition coefficient (Wildman–Crippen LogP) is 3.28. The number of nitrogens with zero attached hydrogens (tertiary/aromatic N) is 1. The molecule has 1 atom stereocenters. The molecule has 0 spiro atoms. The Morgan fingerprint density at radius 3 is 2.47 bits per heavy atom. The minimum absolute atomic E-state index is 0.0988. The second-order valence-corrected chi connectivity index (χ2v) is 10.8. The van der Waals surface area contributed by atoms with Crippen molar-refractivity contribution in [1.82, 2.24) is 14.9 Å². The fourth-order valence-electron chi connectivity index (χ4n) is 3.95. The lowest BCUT2D eigenvalue weighted by Gasteiger charge is -2.31. The average Bonchev–Trinajstić information content (AvgIpc) is 3.49. The maximum absolute atomic E-state index is 13.2. The molecule has 9 heteroatoms. The molecule has 174 valence electrons. The summed E-state index contributed by atoms with van der Waals surface area (Å²) in [6.07, 6.45) is 5.36. The number of amides is 2.